The van der Waals surface area contributed by atoms with Gasteiger partial charge in [-0.25, -0.2) is 21.7 Å². The number of hydrogen-bond acceptors (Lipinski definition) is 12. The molecule has 0 radical (unpaired) electrons. The lowest BCUT2D eigenvalue weighted by atomic mass is 10.1. The topological polar surface area (TPSA) is 247 Å². The van der Waals surface area contributed by atoms with Gasteiger partial charge in [-0.3, -0.25) is 19.2 Å². The summed E-state index contributed by atoms with van der Waals surface area (Å²) < 4.78 is 0. The number of amides is 4. The average molecular weight is 553 g/mol. The fourth-order valence-electron chi connectivity index (χ4n) is 2.86. The number of aliphatic hydroxyl groups is 4. The molecule has 16 heteroatoms. The summed E-state index contributed by atoms with van der Waals surface area (Å²) in [7, 11) is 0. The molecule has 2 aromatic rings. The van der Waals surface area contributed by atoms with Gasteiger partial charge in [-0.1, -0.05) is 48.5 Å². The van der Waals surface area contributed by atoms with Crippen LogP contribution in [0.1, 0.15) is 22.3 Å². The number of carbonyl (C=O) groups is 4. The summed E-state index contributed by atoms with van der Waals surface area (Å²) in [5, 5.41) is 54.3. The van der Waals surface area contributed by atoms with Crippen molar-refractivity contribution >= 4 is 48.5 Å². The highest BCUT2D eigenvalue weighted by Crippen LogP contribution is 2.02. The van der Waals surface area contributed by atoms with Crippen LogP contribution in [-0.2, 0) is 19.2 Å². The van der Waals surface area contributed by atoms with E-state index in [0.29, 0.717) is 22.3 Å². The second-order valence-corrected chi connectivity index (χ2v) is 8.05. The molecule has 2 aromatic carbocycles. The van der Waals surface area contributed by atoms with Crippen LogP contribution in [0.5, 0.6) is 0 Å². The molecule has 4 atom stereocenters. The van der Waals surface area contributed by atoms with Crippen molar-refractivity contribution in [3.05, 3.63) is 70.8 Å². The SMILES string of the molecule is O=C1N/N=C/c2ccc(cc2)/C=N/NC(=O)[C@@H](O)[C@H](O)C(=O)N/N=C/c2ccc(cc2)/C=N/NC(=O)[C@@H](O)[C@@H]1O. The van der Waals surface area contributed by atoms with Gasteiger partial charge in [-0.05, 0) is 22.3 Å². The largest absolute Gasteiger partial charge is 0.380 e. The first kappa shape index (κ1) is 29.4. The van der Waals surface area contributed by atoms with E-state index in [2.05, 4.69) is 20.4 Å². The predicted octanol–water partition coefficient (Wildman–Crippen LogP) is -3.36. The van der Waals surface area contributed by atoms with Crippen molar-refractivity contribution in [1.29, 1.82) is 0 Å². The van der Waals surface area contributed by atoms with E-state index in [9.17, 15) is 39.6 Å². The molecule has 4 amide bonds. The number of nitrogens with one attached hydrogen (secondary N) is 4. The summed E-state index contributed by atoms with van der Waals surface area (Å²) in [5.41, 5.74) is 9.98. The number of carbonyl (C=O) groups excluding carboxylic acids is 4. The molecule has 4 heterocycles. The van der Waals surface area contributed by atoms with Crippen molar-refractivity contribution in [2.24, 2.45) is 20.4 Å². The summed E-state index contributed by atoms with van der Waals surface area (Å²) in [5.74, 6) is -4.57. The molecule has 4 bridgehead atoms. The van der Waals surface area contributed by atoms with Crippen LogP contribution in [-0.4, -0.2) is 93.3 Å². The maximum Gasteiger partial charge on any atom is 0.272 e. The number of hydrazone groups is 4. The highest BCUT2D eigenvalue weighted by atomic mass is 16.4. The Kier molecular flexibility index (Phi) is 10.4. The third-order valence-electron chi connectivity index (χ3n) is 5.10. The Hall–Kier alpha value is -5.16. The van der Waals surface area contributed by atoms with Gasteiger partial charge in [-0.15, -0.1) is 0 Å². The normalized spacial score (nSPS) is 26.3. The van der Waals surface area contributed by atoms with Crippen LogP contribution in [0.3, 0.4) is 0 Å². The molecule has 4 aliphatic heterocycles. The molecular weight excluding hydrogens is 528 g/mol. The minimum Gasteiger partial charge on any atom is -0.380 e. The van der Waals surface area contributed by atoms with Gasteiger partial charge in [-0.2, -0.15) is 20.4 Å². The monoisotopic (exact) mass is 552 g/mol. The molecule has 208 valence electrons. The number of benzene rings is 2. The molecule has 6 rings (SSSR count). The predicted molar refractivity (Wildman–Crippen MR) is 140 cm³/mol. The second-order valence-electron chi connectivity index (χ2n) is 8.05. The lowest BCUT2D eigenvalue weighted by Gasteiger charge is -2.14. The standard InChI is InChI=1S/C24H24N8O8/c33-17-18(34)23(39)31-27-11-15-5-7-16(8-6-15)12-28-32-24(40)20(36)19(35)22(38)30-26-10-14-2-1-13(3-4-14)9-25-29-21(17)37/h1-12,17-20,33-36H,(H,29,37)(H,30,38)(H,31,39)(H,32,40)/b25-9+,26-10+,27-11+,28-12+/t17-,18-,19-,20-/m0/s1. The van der Waals surface area contributed by atoms with Crippen molar-refractivity contribution in [2.45, 2.75) is 24.4 Å². The van der Waals surface area contributed by atoms with Gasteiger partial charge in [0.1, 0.15) is 0 Å². The Morgan fingerprint density at radius 2 is 0.575 bits per heavy atom. The molecule has 0 aliphatic carbocycles. The van der Waals surface area contributed by atoms with E-state index in [-0.39, 0.29) is 0 Å². The minimum atomic E-state index is -2.13. The van der Waals surface area contributed by atoms with Crippen molar-refractivity contribution in [3.63, 3.8) is 0 Å². The Morgan fingerprint density at radius 1 is 0.400 bits per heavy atom. The molecule has 40 heavy (non-hydrogen) atoms. The Morgan fingerprint density at radius 3 is 0.750 bits per heavy atom. The summed E-state index contributed by atoms with van der Waals surface area (Å²) >= 11 is 0. The summed E-state index contributed by atoms with van der Waals surface area (Å²) in [6.45, 7) is 0. The average Bonchev–Trinajstić information content (AvgIpc) is 2.96. The molecule has 0 unspecified atom stereocenters. The summed E-state index contributed by atoms with van der Waals surface area (Å²) in [6, 6.07) is 12.5. The van der Waals surface area contributed by atoms with Crippen molar-refractivity contribution in [2.75, 3.05) is 0 Å². The molecular formula is C24H24N8O8. The van der Waals surface area contributed by atoms with Gasteiger partial charge in [0, 0.05) is 0 Å². The zero-order valence-corrected chi connectivity index (χ0v) is 20.4. The van der Waals surface area contributed by atoms with Gasteiger partial charge >= 0.3 is 0 Å². The molecule has 4 aliphatic rings. The van der Waals surface area contributed by atoms with Crippen molar-refractivity contribution in [3.8, 4) is 0 Å². The summed E-state index contributed by atoms with van der Waals surface area (Å²) in [6.07, 6.45) is -3.65. The smallest absolute Gasteiger partial charge is 0.272 e. The molecule has 0 aromatic heterocycles. The fourth-order valence-corrected chi connectivity index (χ4v) is 2.86. The van der Waals surface area contributed by atoms with E-state index in [4.69, 9.17) is 0 Å². The van der Waals surface area contributed by atoms with E-state index in [1.807, 2.05) is 21.7 Å². The first-order valence-electron chi connectivity index (χ1n) is 11.4. The van der Waals surface area contributed by atoms with Crippen LogP contribution >= 0.6 is 0 Å². The fraction of sp³-hybridized carbons (Fsp3) is 0.167. The molecule has 8 N–H and O–H groups in total. The maximum absolute atomic E-state index is 12.0. The zero-order valence-electron chi connectivity index (χ0n) is 20.4. The molecule has 0 saturated carbocycles. The molecule has 0 spiro atoms. The number of nitrogens with zero attached hydrogens (tertiary/aromatic N) is 4. The van der Waals surface area contributed by atoms with Crippen molar-refractivity contribution in [1.82, 2.24) is 21.7 Å². The van der Waals surface area contributed by atoms with Gasteiger partial charge in [0.2, 0.25) is 0 Å². The van der Waals surface area contributed by atoms with Gasteiger partial charge < -0.3 is 20.4 Å². The lowest BCUT2D eigenvalue weighted by Crippen LogP contribution is -2.47. The van der Waals surface area contributed by atoms with E-state index >= 15 is 0 Å². The van der Waals surface area contributed by atoms with E-state index in [0.717, 1.165) is 0 Å². The van der Waals surface area contributed by atoms with Crippen LogP contribution in [0.4, 0.5) is 0 Å². The third kappa shape index (κ3) is 8.43. The second kappa shape index (κ2) is 14.1. The highest BCUT2D eigenvalue weighted by molar-refractivity contribution is 5.93. The Labute approximate surface area is 225 Å². The van der Waals surface area contributed by atoms with E-state index in [1.165, 1.54) is 24.9 Å². The van der Waals surface area contributed by atoms with Crippen molar-refractivity contribution < 1.29 is 39.6 Å². The molecule has 16 nitrogen and oxygen atoms in total. The number of aliphatic hydroxyl groups excluding tert-OH is 4. The molecule has 0 saturated heterocycles. The number of hydrogen-bond donors (Lipinski definition) is 8. The first-order chi connectivity index (χ1) is 19.2. The van der Waals surface area contributed by atoms with E-state index in [1.54, 1.807) is 48.5 Å². The van der Waals surface area contributed by atoms with Crippen LogP contribution in [0.25, 0.3) is 0 Å². The van der Waals surface area contributed by atoms with Crippen LogP contribution in [0.15, 0.2) is 68.9 Å². The summed E-state index contributed by atoms with van der Waals surface area (Å²) in [4.78, 5) is 48.1. The number of rotatable bonds is 0. The third-order valence-corrected chi connectivity index (χ3v) is 5.10. The van der Waals surface area contributed by atoms with Gasteiger partial charge in [0.15, 0.2) is 24.4 Å². The van der Waals surface area contributed by atoms with Gasteiger partial charge in [0.25, 0.3) is 23.6 Å². The zero-order chi connectivity index (χ0) is 29.1. The van der Waals surface area contributed by atoms with Gasteiger partial charge in [0.05, 0.1) is 24.9 Å². The van der Waals surface area contributed by atoms with Crippen LogP contribution in [0, 0.1) is 0 Å². The Balaban J connectivity index is 1.77. The molecule has 0 fully saturated rings. The lowest BCUT2D eigenvalue weighted by molar-refractivity contribution is -0.146. The maximum atomic E-state index is 12.0. The van der Waals surface area contributed by atoms with Crippen LogP contribution in [0.2, 0.25) is 0 Å². The van der Waals surface area contributed by atoms with E-state index < -0.39 is 48.0 Å². The van der Waals surface area contributed by atoms with Crippen LogP contribution < -0.4 is 21.7 Å². The minimum absolute atomic E-state index is 0.497. The quantitative estimate of drug-likeness (QED) is 0.164. The Bertz CT molecular complexity index is 1140. The highest BCUT2D eigenvalue weighted by Gasteiger charge is 2.31. The first-order valence-corrected chi connectivity index (χ1v) is 11.4.